The van der Waals surface area contributed by atoms with Crippen LogP contribution < -0.4 is 5.32 Å². The Morgan fingerprint density at radius 2 is 1.54 bits per heavy atom. The average Bonchev–Trinajstić information content (AvgIpc) is 3.10. The topological polar surface area (TPSA) is 29.9 Å². The van der Waals surface area contributed by atoms with Crippen molar-refractivity contribution in [1.82, 2.24) is 15.1 Å². The summed E-state index contributed by atoms with van der Waals surface area (Å²) < 4.78 is 28.5. The highest BCUT2D eigenvalue weighted by Gasteiger charge is 2.19. The second-order valence-electron chi connectivity index (χ2n) is 6.38. The van der Waals surface area contributed by atoms with Crippen LogP contribution in [0.15, 0.2) is 73.1 Å². The molecule has 1 N–H and O–H groups in total. The van der Waals surface area contributed by atoms with Gasteiger partial charge in [0, 0.05) is 18.3 Å². The molecule has 1 aromatic heterocycles. The molecule has 0 amide bonds. The lowest BCUT2D eigenvalue weighted by Crippen LogP contribution is -2.35. The highest BCUT2D eigenvalue weighted by molar-refractivity contribution is 5.16. The molecule has 0 aliphatic carbocycles. The number of nitrogens with one attached hydrogen (secondary N) is 1. The summed E-state index contributed by atoms with van der Waals surface area (Å²) in [6, 6.07) is 18.9. The van der Waals surface area contributed by atoms with E-state index in [1.54, 1.807) is 6.20 Å². The van der Waals surface area contributed by atoms with Crippen LogP contribution in [0.4, 0.5) is 8.78 Å². The third-order valence-electron chi connectivity index (χ3n) is 4.33. The third-order valence-corrected chi connectivity index (χ3v) is 4.33. The maximum atomic E-state index is 13.3. The first-order valence-corrected chi connectivity index (χ1v) is 8.81. The van der Waals surface area contributed by atoms with Crippen molar-refractivity contribution < 1.29 is 8.78 Å². The quantitative estimate of drug-likeness (QED) is 0.621. The molecule has 3 rings (SSSR count). The number of nitrogens with zero attached hydrogens (tertiary/aromatic N) is 2. The van der Waals surface area contributed by atoms with E-state index in [0.29, 0.717) is 25.9 Å². The predicted molar refractivity (Wildman–Crippen MR) is 99.2 cm³/mol. The Hall–Kier alpha value is -2.53. The first-order chi connectivity index (χ1) is 12.7. The maximum absolute atomic E-state index is 13.3. The number of halogens is 2. The van der Waals surface area contributed by atoms with Crippen molar-refractivity contribution in [1.29, 1.82) is 0 Å². The van der Waals surface area contributed by atoms with Gasteiger partial charge in [-0.1, -0.05) is 60.7 Å². The van der Waals surface area contributed by atoms with Gasteiger partial charge in [0.05, 0.1) is 18.8 Å². The number of alkyl halides is 2. The van der Waals surface area contributed by atoms with E-state index in [1.165, 1.54) is 0 Å². The average molecular weight is 355 g/mol. The van der Waals surface area contributed by atoms with Gasteiger partial charge in [0.15, 0.2) is 0 Å². The van der Waals surface area contributed by atoms with Crippen molar-refractivity contribution in [2.24, 2.45) is 0 Å². The Balaban J connectivity index is 1.51. The Morgan fingerprint density at radius 1 is 0.885 bits per heavy atom. The minimum absolute atomic E-state index is 0.387. The van der Waals surface area contributed by atoms with Crippen molar-refractivity contribution in [3.8, 4) is 0 Å². The largest absolute Gasteiger partial charge is 0.305 e. The standard InChI is InChI=1S/C21H23F2N3/c22-21(23)20(12-11-17-7-3-1-4-8-17)24-13-19-14-25-26(16-19)15-18-9-5-2-6-10-18/h1-10,14,16,20-21,24H,11-13,15H2. The summed E-state index contributed by atoms with van der Waals surface area (Å²) in [4.78, 5) is 0. The second kappa shape index (κ2) is 9.25. The van der Waals surface area contributed by atoms with Crippen molar-refractivity contribution in [2.45, 2.75) is 38.4 Å². The molecule has 5 heteroatoms. The summed E-state index contributed by atoms with van der Waals surface area (Å²) in [7, 11) is 0. The number of aryl methyl sites for hydroxylation is 1. The smallest absolute Gasteiger partial charge is 0.253 e. The van der Waals surface area contributed by atoms with Crippen LogP contribution in [0.3, 0.4) is 0 Å². The molecule has 0 saturated carbocycles. The van der Waals surface area contributed by atoms with E-state index in [0.717, 1.165) is 16.7 Å². The first-order valence-electron chi connectivity index (χ1n) is 8.81. The van der Waals surface area contributed by atoms with Crippen LogP contribution in [0.25, 0.3) is 0 Å². The van der Waals surface area contributed by atoms with Crippen molar-refractivity contribution >= 4 is 0 Å². The van der Waals surface area contributed by atoms with Crippen molar-refractivity contribution in [2.75, 3.05) is 0 Å². The molecule has 1 heterocycles. The van der Waals surface area contributed by atoms with E-state index < -0.39 is 12.5 Å². The summed E-state index contributed by atoms with van der Waals surface area (Å²) in [6.07, 6.45) is 2.28. The van der Waals surface area contributed by atoms with Crippen LogP contribution in [-0.2, 0) is 19.5 Å². The van der Waals surface area contributed by atoms with Gasteiger partial charge in [-0.15, -0.1) is 0 Å². The Kier molecular flexibility index (Phi) is 6.50. The molecule has 1 unspecified atom stereocenters. The van der Waals surface area contributed by atoms with Gasteiger partial charge >= 0.3 is 0 Å². The lowest BCUT2D eigenvalue weighted by molar-refractivity contribution is 0.0933. The molecule has 3 aromatic rings. The summed E-state index contributed by atoms with van der Waals surface area (Å²) in [5, 5.41) is 7.30. The fourth-order valence-corrected chi connectivity index (χ4v) is 2.89. The third kappa shape index (κ3) is 5.49. The van der Waals surface area contributed by atoms with Gasteiger partial charge in [-0.3, -0.25) is 4.68 Å². The molecule has 136 valence electrons. The van der Waals surface area contributed by atoms with Gasteiger partial charge in [-0.05, 0) is 24.0 Å². The molecule has 0 aliphatic heterocycles. The van der Waals surface area contributed by atoms with E-state index >= 15 is 0 Å². The highest BCUT2D eigenvalue weighted by Crippen LogP contribution is 2.12. The number of aromatic nitrogens is 2. The lowest BCUT2D eigenvalue weighted by Gasteiger charge is -2.17. The van der Waals surface area contributed by atoms with Crippen LogP contribution in [0.5, 0.6) is 0 Å². The van der Waals surface area contributed by atoms with E-state index in [2.05, 4.69) is 10.4 Å². The molecular weight excluding hydrogens is 332 g/mol. The molecule has 0 saturated heterocycles. The molecule has 1 atom stereocenters. The molecule has 0 bridgehead atoms. The predicted octanol–water partition coefficient (Wildman–Crippen LogP) is 4.29. The van der Waals surface area contributed by atoms with Crippen LogP contribution >= 0.6 is 0 Å². The van der Waals surface area contributed by atoms with Crippen LogP contribution in [0.2, 0.25) is 0 Å². The van der Waals surface area contributed by atoms with Crippen LogP contribution in [0.1, 0.15) is 23.1 Å². The van der Waals surface area contributed by atoms with Gasteiger partial charge in [0.1, 0.15) is 0 Å². The van der Waals surface area contributed by atoms with Crippen molar-refractivity contribution in [3.05, 3.63) is 89.7 Å². The molecule has 2 aromatic carbocycles. The van der Waals surface area contributed by atoms with E-state index in [-0.39, 0.29) is 0 Å². The lowest BCUT2D eigenvalue weighted by atomic mass is 10.1. The maximum Gasteiger partial charge on any atom is 0.253 e. The van der Waals surface area contributed by atoms with Crippen LogP contribution in [-0.4, -0.2) is 22.2 Å². The minimum Gasteiger partial charge on any atom is -0.305 e. The Morgan fingerprint density at radius 3 is 2.19 bits per heavy atom. The van der Waals surface area contributed by atoms with Crippen LogP contribution in [0, 0.1) is 0 Å². The SMILES string of the molecule is FC(F)C(CCc1ccccc1)NCc1cnn(Cc2ccccc2)c1. The highest BCUT2D eigenvalue weighted by atomic mass is 19.3. The summed E-state index contributed by atoms with van der Waals surface area (Å²) in [5.41, 5.74) is 3.14. The van der Waals surface area contributed by atoms with Gasteiger partial charge in [0.2, 0.25) is 0 Å². The zero-order chi connectivity index (χ0) is 18.2. The first kappa shape index (κ1) is 18.3. The summed E-state index contributed by atoms with van der Waals surface area (Å²) in [6.45, 7) is 1.06. The molecule has 0 spiro atoms. The fraction of sp³-hybridized carbons (Fsp3) is 0.286. The number of benzene rings is 2. The number of hydrogen-bond acceptors (Lipinski definition) is 2. The molecular formula is C21H23F2N3. The zero-order valence-electron chi connectivity index (χ0n) is 14.6. The van der Waals surface area contributed by atoms with Gasteiger partial charge in [-0.2, -0.15) is 5.10 Å². The number of rotatable bonds is 9. The van der Waals surface area contributed by atoms with Crippen molar-refractivity contribution in [3.63, 3.8) is 0 Å². The second-order valence-corrected chi connectivity index (χ2v) is 6.38. The normalized spacial score (nSPS) is 12.4. The van der Waals surface area contributed by atoms with Gasteiger partial charge < -0.3 is 5.32 Å². The molecule has 3 nitrogen and oxygen atoms in total. The molecule has 0 radical (unpaired) electrons. The van der Waals surface area contributed by atoms with E-state index in [1.807, 2.05) is 71.5 Å². The Bertz CT molecular complexity index is 772. The summed E-state index contributed by atoms with van der Waals surface area (Å²) >= 11 is 0. The number of hydrogen-bond donors (Lipinski definition) is 1. The Labute approximate surface area is 152 Å². The van der Waals surface area contributed by atoms with E-state index in [9.17, 15) is 8.78 Å². The zero-order valence-corrected chi connectivity index (χ0v) is 14.6. The minimum atomic E-state index is -2.39. The molecule has 0 fully saturated rings. The molecule has 26 heavy (non-hydrogen) atoms. The fourth-order valence-electron chi connectivity index (χ4n) is 2.89. The van der Waals surface area contributed by atoms with Gasteiger partial charge in [-0.25, -0.2) is 8.78 Å². The van der Waals surface area contributed by atoms with Gasteiger partial charge in [0.25, 0.3) is 6.43 Å². The monoisotopic (exact) mass is 355 g/mol. The van der Waals surface area contributed by atoms with E-state index in [4.69, 9.17) is 0 Å². The molecule has 0 aliphatic rings. The summed E-state index contributed by atoms with van der Waals surface area (Å²) in [5.74, 6) is 0.